The molecule has 0 saturated heterocycles. The van der Waals surface area contributed by atoms with Gasteiger partial charge in [0.2, 0.25) is 0 Å². The minimum atomic E-state index is 0.0782. The van der Waals surface area contributed by atoms with Gasteiger partial charge in [0.25, 0.3) is 5.91 Å². The fraction of sp³-hybridized carbons (Fsp3) is 0.214. The zero-order valence-corrected chi connectivity index (χ0v) is 14.5. The van der Waals surface area contributed by atoms with Gasteiger partial charge in [0.05, 0.1) is 8.66 Å². The Bertz CT molecular complexity index is 664. The van der Waals surface area contributed by atoms with Crippen molar-refractivity contribution < 1.29 is 4.79 Å². The summed E-state index contributed by atoms with van der Waals surface area (Å²) in [5.41, 5.74) is 9.01. The summed E-state index contributed by atoms with van der Waals surface area (Å²) in [6, 6.07) is 7.82. The molecule has 6 heteroatoms. The van der Waals surface area contributed by atoms with Crippen molar-refractivity contribution in [3.63, 3.8) is 0 Å². The average Bonchev–Trinajstić information content (AvgIpc) is 2.77. The Morgan fingerprint density at radius 3 is 2.75 bits per heavy atom. The third-order valence-electron chi connectivity index (χ3n) is 3.39. The van der Waals surface area contributed by atoms with Crippen molar-refractivity contribution >= 4 is 54.8 Å². The van der Waals surface area contributed by atoms with Crippen LogP contribution in [0, 0.1) is 0 Å². The molecule has 1 aliphatic heterocycles. The van der Waals surface area contributed by atoms with Gasteiger partial charge in [-0.25, -0.2) is 0 Å². The lowest BCUT2D eigenvalue weighted by atomic mass is 9.99. The number of carbonyl (C=O) groups excluding carboxylic acids is 1. The van der Waals surface area contributed by atoms with Gasteiger partial charge in [0, 0.05) is 23.2 Å². The first-order valence-electron chi connectivity index (χ1n) is 6.16. The normalized spacial score (nSPS) is 14.2. The van der Waals surface area contributed by atoms with E-state index in [0.717, 1.165) is 37.4 Å². The summed E-state index contributed by atoms with van der Waals surface area (Å²) in [5, 5.41) is 0. The number of fused-ring (bicyclic) bond motifs is 1. The van der Waals surface area contributed by atoms with E-state index in [9.17, 15) is 4.79 Å². The molecule has 1 aromatic carbocycles. The van der Waals surface area contributed by atoms with Crippen molar-refractivity contribution in [1.82, 2.24) is 4.90 Å². The summed E-state index contributed by atoms with van der Waals surface area (Å²) in [5.74, 6) is 0.0782. The van der Waals surface area contributed by atoms with Crippen LogP contribution >= 0.6 is 43.2 Å². The van der Waals surface area contributed by atoms with Gasteiger partial charge in [-0.3, -0.25) is 4.79 Å². The Hall–Kier alpha value is -0.850. The Balaban J connectivity index is 1.84. The molecule has 104 valence electrons. The molecule has 0 saturated carbocycles. The van der Waals surface area contributed by atoms with E-state index in [0.29, 0.717) is 6.54 Å². The molecule has 1 amide bonds. The number of amides is 1. The fourth-order valence-electron chi connectivity index (χ4n) is 2.36. The molecule has 1 aliphatic rings. The van der Waals surface area contributed by atoms with Crippen molar-refractivity contribution in [2.45, 2.75) is 13.0 Å². The predicted octanol–water partition coefficient (Wildman–Crippen LogP) is 4.05. The van der Waals surface area contributed by atoms with E-state index in [1.54, 1.807) is 0 Å². The van der Waals surface area contributed by atoms with Crippen LogP contribution in [0.3, 0.4) is 0 Å². The molecule has 3 rings (SSSR count). The number of hydrogen-bond donors (Lipinski definition) is 1. The number of halogens is 2. The molecular weight excluding hydrogens is 404 g/mol. The maximum atomic E-state index is 12.5. The van der Waals surface area contributed by atoms with Crippen LogP contribution in [-0.2, 0) is 13.0 Å². The van der Waals surface area contributed by atoms with Gasteiger partial charge in [-0.2, -0.15) is 0 Å². The fourth-order valence-corrected chi connectivity index (χ4v) is 4.36. The number of anilines is 1. The van der Waals surface area contributed by atoms with Gasteiger partial charge in [0.15, 0.2) is 0 Å². The second-order valence-electron chi connectivity index (χ2n) is 4.74. The zero-order valence-electron chi connectivity index (χ0n) is 10.5. The van der Waals surface area contributed by atoms with Gasteiger partial charge in [-0.15, -0.1) is 11.3 Å². The summed E-state index contributed by atoms with van der Waals surface area (Å²) in [7, 11) is 0. The van der Waals surface area contributed by atoms with Crippen LogP contribution in [0.5, 0.6) is 0 Å². The maximum absolute atomic E-state index is 12.5. The van der Waals surface area contributed by atoms with Crippen LogP contribution in [0.1, 0.15) is 20.8 Å². The van der Waals surface area contributed by atoms with Crippen LogP contribution in [0.4, 0.5) is 5.69 Å². The van der Waals surface area contributed by atoms with Crippen LogP contribution in [-0.4, -0.2) is 17.4 Å². The summed E-state index contributed by atoms with van der Waals surface area (Å²) in [4.78, 5) is 15.2. The second kappa shape index (κ2) is 5.50. The second-order valence-corrected chi connectivity index (χ2v) is 7.96. The summed E-state index contributed by atoms with van der Waals surface area (Å²) >= 11 is 8.30. The molecule has 0 fully saturated rings. The molecule has 2 aromatic rings. The van der Waals surface area contributed by atoms with Crippen LogP contribution in [0.25, 0.3) is 0 Å². The Kier molecular flexibility index (Phi) is 3.88. The molecule has 2 N–H and O–H groups in total. The SMILES string of the molecule is Nc1ccc2c(c1)CN(C(=O)c1cc(Br)c(Br)s1)CC2. The first kappa shape index (κ1) is 14.1. The lowest BCUT2D eigenvalue weighted by molar-refractivity contribution is 0.0739. The van der Waals surface area contributed by atoms with Crippen molar-refractivity contribution in [3.8, 4) is 0 Å². The molecule has 0 spiro atoms. The Labute approximate surface area is 138 Å². The van der Waals surface area contributed by atoms with Gasteiger partial charge in [-0.05, 0) is 67.6 Å². The highest BCUT2D eigenvalue weighted by molar-refractivity contribution is 9.13. The van der Waals surface area contributed by atoms with Gasteiger partial charge >= 0.3 is 0 Å². The van der Waals surface area contributed by atoms with E-state index in [4.69, 9.17) is 5.73 Å². The number of rotatable bonds is 1. The van der Waals surface area contributed by atoms with E-state index in [-0.39, 0.29) is 5.91 Å². The molecule has 20 heavy (non-hydrogen) atoms. The molecule has 0 radical (unpaired) electrons. The monoisotopic (exact) mass is 414 g/mol. The number of nitrogens with zero attached hydrogens (tertiary/aromatic N) is 1. The quantitative estimate of drug-likeness (QED) is 0.714. The minimum Gasteiger partial charge on any atom is -0.399 e. The number of carbonyl (C=O) groups is 1. The number of nitrogen functional groups attached to an aromatic ring is 1. The number of hydrogen-bond acceptors (Lipinski definition) is 3. The highest BCUT2D eigenvalue weighted by Crippen LogP contribution is 2.33. The summed E-state index contributed by atoms with van der Waals surface area (Å²) in [6.07, 6.45) is 0.884. The van der Waals surface area contributed by atoms with Crippen molar-refractivity contribution in [1.29, 1.82) is 0 Å². The van der Waals surface area contributed by atoms with Crippen LogP contribution < -0.4 is 5.73 Å². The first-order valence-corrected chi connectivity index (χ1v) is 8.56. The molecule has 0 unspecified atom stereocenters. The molecule has 3 nitrogen and oxygen atoms in total. The molecular formula is C14H12Br2N2OS. The highest BCUT2D eigenvalue weighted by Gasteiger charge is 2.23. The van der Waals surface area contributed by atoms with Crippen LogP contribution in [0.15, 0.2) is 32.5 Å². The van der Waals surface area contributed by atoms with Crippen molar-refractivity contribution in [2.24, 2.45) is 0 Å². The standard InChI is InChI=1S/C14H12Br2N2OS/c15-11-6-12(20-13(11)16)14(19)18-4-3-8-1-2-10(17)5-9(8)7-18/h1-2,5-6H,3-4,7,17H2. The topological polar surface area (TPSA) is 46.3 Å². The lowest BCUT2D eigenvalue weighted by Crippen LogP contribution is -2.35. The smallest absolute Gasteiger partial charge is 0.264 e. The average molecular weight is 416 g/mol. The number of thiophene rings is 1. The number of benzene rings is 1. The van der Waals surface area contributed by atoms with E-state index >= 15 is 0 Å². The molecule has 0 atom stereocenters. The minimum absolute atomic E-state index is 0.0782. The lowest BCUT2D eigenvalue weighted by Gasteiger charge is -2.28. The number of nitrogens with two attached hydrogens (primary N) is 1. The largest absolute Gasteiger partial charge is 0.399 e. The molecule has 1 aromatic heterocycles. The first-order chi connectivity index (χ1) is 9.54. The molecule has 0 aliphatic carbocycles. The Morgan fingerprint density at radius 2 is 2.05 bits per heavy atom. The van der Waals surface area contributed by atoms with Gasteiger partial charge in [-0.1, -0.05) is 6.07 Å². The highest BCUT2D eigenvalue weighted by atomic mass is 79.9. The molecule has 0 bridgehead atoms. The zero-order chi connectivity index (χ0) is 14.3. The van der Waals surface area contributed by atoms with E-state index in [1.165, 1.54) is 16.9 Å². The predicted molar refractivity (Wildman–Crippen MR) is 89.0 cm³/mol. The van der Waals surface area contributed by atoms with E-state index in [2.05, 4.69) is 37.9 Å². The van der Waals surface area contributed by atoms with Gasteiger partial charge < -0.3 is 10.6 Å². The third-order valence-corrected chi connectivity index (χ3v) is 6.63. The van der Waals surface area contributed by atoms with Gasteiger partial charge in [0.1, 0.15) is 0 Å². The van der Waals surface area contributed by atoms with E-state index in [1.807, 2.05) is 23.1 Å². The van der Waals surface area contributed by atoms with Crippen molar-refractivity contribution in [3.05, 3.63) is 48.5 Å². The van der Waals surface area contributed by atoms with E-state index < -0.39 is 0 Å². The Morgan fingerprint density at radius 1 is 1.25 bits per heavy atom. The summed E-state index contributed by atoms with van der Waals surface area (Å²) < 4.78 is 1.87. The van der Waals surface area contributed by atoms with Crippen LogP contribution in [0.2, 0.25) is 0 Å². The summed E-state index contributed by atoms with van der Waals surface area (Å²) in [6.45, 7) is 1.38. The molecule has 2 heterocycles. The van der Waals surface area contributed by atoms with Crippen molar-refractivity contribution in [2.75, 3.05) is 12.3 Å². The third kappa shape index (κ3) is 2.64. The maximum Gasteiger partial charge on any atom is 0.264 e.